The lowest BCUT2D eigenvalue weighted by Crippen LogP contribution is -2.43. The summed E-state index contributed by atoms with van der Waals surface area (Å²) in [6, 6.07) is 24.3. The van der Waals surface area contributed by atoms with Crippen LogP contribution in [0.1, 0.15) is 36.7 Å². The highest BCUT2D eigenvalue weighted by Gasteiger charge is 2.51. The Morgan fingerprint density at radius 2 is 1.54 bits per heavy atom. The molecule has 1 amide bonds. The summed E-state index contributed by atoms with van der Waals surface area (Å²) in [5, 5.41) is 11.1. The van der Waals surface area contributed by atoms with Crippen LogP contribution < -0.4 is 0 Å². The topological polar surface area (TPSA) is 62.5 Å². The molecule has 1 saturated heterocycles. The van der Waals surface area contributed by atoms with Crippen LogP contribution in [0.5, 0.6) is 0 Å². The number of aliphatic hydroxyl groups excluding tert-OH is 1. The predicted octanol–water partition coefficient (Wildman–Crippen LogP) is 5.83. The van der Waals surface area contributed by atoms with Gasteiger partial charge in [0.15, 0.2) is 5.78 Å². The van der Waals surface area contributed by atoms with E-state index in [1.807, 2.05) is 19.1 Å². The first-order chi connectivity index (χ1) is 16.9. The Morgan fingerprint density at radius 3 is 2.20 bits per heavy atom. The predicted molar refractivity (Wildman–Crippen MR) is 137 cm³/mol. The first-order valence-corrected chi connectivity index (χ1v) is 11.9. The summed E-state index contributed by atoms with van der Waals surface area (Å²) in [4.78, 5) is 27.9. The second-order valence-corrected chi connectivity index (χ2v) is 9.56. The highest BCUT2D eigenvalue weighted by atomic mass is 16.3. The van der Waals surface area contributed by atoms with Crippen molar-refractivity contribution >= 4 is 22.6 Å². The maximum absolute atomic E-state index is 13.2. The third-order valence-corrected chi connectivity index (χ3v) is 7.44. The van der Waals surface area contributed by atoms with Crippen LogP contribution in [0.25, 0.3) is 27.7 Å². The average Bonchev–Trinajstić information content (AvgIpc) is 3.32. The molecule has 5 heteroatoms. The molecule has 0 spiro atoms. The van der Waals surface area contributed by atoms with Crippen LogP contribution in [0.2, 0.25) is 0 Å². The molecule has 0 aliphatic carbocycles. The Hall–Kier alpha value is -4.12. The van der Waals surface area contributed by atoms with Crippen LogP contribution in [0.4, 0.5) is 0 Å². The molecule has 1 N–H and O–H groups in total. The van der Waals surface area contributed by atoms with Crippen LogP contribution in [0, 0.1) is 6.92 Å². The minimum absolute atomic E-state index is 0.0784. The summed E-state index contributed by atoms with van der Waals surface area (Å²) in [5.41, 5.74) is 7.63. The molecule has 4 aromatic rings. The summed E-state index contributed by atoms with van der Waals surface area (Å²) in [5.74, 6) is -0.873. The van der Waals surface area contributed by atoms with Crippen molar-refractivity contribution in [2.75, 3.05) is 0 Å². The number of carbonyl (C=O) groups is 2. The number of amides is 1. The average molecular weight is 463 g/mol. The van der Waals surface area contributed by atoms with Gasteiger partial charge in [0.25, 0.3) is 5.91 Å². The summed E-state index contributed by atoms with van der Waals surface area (Å²) in [7, 11) is 0. The van der Waals surface area contributed by atoms with E-state index in [1.54, 1.807) is 4.90 Å². The van der Waals surface area contributed by atoms with Gasteiger partial charge in [0, 0.05) is 23.2 Å². The third-order valence-electron chi connectivity index (χ3n) is 7.44. The molecule has 3 heterocycles. The highest BCUT2D eigenvalue weighted by Crippen LogP contribution is 2.44. The first-order valence-electron chi connectivity index (χ1n) is 11.9. The Bertz CT molecular complexity index is 1540. The number of carbonyl (C=O) groups excluding carboxylic acids is 2. The molecule has 0 unspecified atom stereocenters. The van der Waals surface area contributed by atoms with E-state index in [1.165, 1.54) is 12.5 Å². The molecule has 0 saturated carbocycles. The van der Waals surface area contributed by atoms with Crippen molar-refractivity contribution in [3.05, 3.63) is 101 Å². The smallest absolute Gasteiger partial charge is 0.262 e. The Morgan fingerprint density at radius 1 is 0.914 bits per heavy atom. The van der Waals surface area contributed by atoms with Gasteiger partial charge in [-0.25, -0.2) is 0 Å². The van der Waals surface area contributed by atoms with Gasteiger partial charge < -0.3 is 14.6 Å². The number of aromatic nitrogens is 1. The third kappa shape index (κ3) is 3.08. The fourth-order valence-corrected chi connectivity index (χ4v) is 5.77. The van der Waals surface area contributed by atoms with Crippen molar-refractivity contribution in [3.8, 4) is 16.8 Å². The number of aliphatic hydroxyl groups is 1. The van der Waals surface area contributed by atoms with E-state index in [4.69, 9.17) is 0 Å². The molecule has 2 aliphatic heterocycles. The van der Waals surface area contributed by atoms with E-state index < -0.39 is 6.04 Å². The fraction of sp³-hybridized carbons (Fsp3) is 0.200. The van der Waals surface area contributed by atoms with Crippen molar-refractivity contribution in [1.29, 1.82) is 0 Å². The van der Waals surface area contributed by atoms with E-state index in [0.717, 1.165) is 39.0 Å². The molecule has 1 aromatic heterocycles. The number of aryl methyl sites for hydroxylation is 1. The molecule has 0 bridgehead atoms. The quantitative estimate of drug-likeness (QED) is 0.231. The highest BCUT2D eigenvalue weighted by molar-refractivity contribution is 6.27. The van der Waals surface area contributed by atoms with E-state index >= 15 is 0 Å². The Balaban J connectivity index is 1.51. The molecule has 2 atom stereocenters. The van der Waals surface area contributed by atoms with Gasteiger partial charge in [-0.3, -0.25) is 9.59 Å². The van der Waals surface area contributed by atoms with Crippen molar-refractivity contribution in [1.82, 2.24) is 9.47 Å². The standard InChI is InChI=1S/C30H26N2O3/c1-17-8-10-20(11-9-17)21-12-14-22(15-13-21)32-25-7-5-4-6-23(25)24-16-26-29(34)27(19(3)33)30(35)31(26)18(2)28(24)32/h4-15,18,26,33H,16H2,1-3H3/b27-19-/t18-,26+/m1/s1. The van der Waals surface area contributed by atoms with E-state index in [0.29, 0.717) is 6.42 Å². The monoisotopic (exact) mass is 462 g/mol. The molecule has 5 nitrogen and oxygen atoms in total. The van der Waals surface area contributed by atoms with Gasteiger partial charge in [-0.2, -0.15) is 0 Å². The largest absolute Gasteiger partial charge is 0.512 e. The summed E-state index contributed by atoms with van der Waals surface area (Å²) in [6.45, 7) is 5.46. The minimum atomic E-state index is -0.578. The van der Waals surface area contributed by atoms with Gasteiger partial charge >= 0.3 is 0 Å². The fourth-order valence-electron chi connectivity index (χ4n) is 5.77. The lowest BCUT2D eigenvalue weighted by molar-refractivity contribution is -0.130. The zero-order valence-electron chi connectivity index (χ0n) is 19.9. The molecule has 174 valence electrons. The van der Waals surface area contributed by atoms with Gasteiger partial charge in [0.05, 0.1) is 11.6 Å². The number of rotatable bonds is 2. The Labute approximate surface area is 203 Å². The zero-order valence-corrected chi connectivity index (χ0v) is 19.9. The molecule has 35 heavy (non-hydrogen) atoms. The number of benzene rings is 3. The first kappa shape index (κ1) is 21.4. The normalized spacial score (nSPS) is 20.8. The van der Waals surface area contributed by atoms with Gasteiger partial charge in [-0.15, -0.1) is 0 Å². The minimum Gasteiger partial charge on any atom is -0.512 e. The summed E-state index contributed by atoms with van der Waals surface area (Å²) >= 11 is 0. The number of nitrogens with zero attached hydrogens (tertiary/aromatic N) is 2. The van der Waals surface area contributed by atoms with E-state index in [9.17, 15) is 14.7 Å². The van der Waals surface area contributed by atoms with Crippen LogP contribution in [-0.4, -0.2) is 32.3 Å². The lowest BCUT2D eigenvalue weighted by atomic mass is 9.92. The molecule has 3 aromatic carbocycles. The number of allylic oxidation sites excluding steroid dienone is 1. The molecular weight excluding hydrogens is 436 g/mol. The van der Waals surface area contributed by atoms with Gasteiger partial charge in [-0.1, -0.05) is 60.2 Å². The second-order valence-electron chi connectivity index (χ2n) is 9.56. The molecule has 1 fully saturated rings. The molecule has 6 rings (SSSR count). The number of Topliss-reactive ketones (excluding diaryl/α,β-unsaturated/α-hetero) is 1. The van der Waals surface area contributed by atoms with Crippen molar-refractivity contribution in [3.63, 3.8) is 0 Å². The maximum Gasteiger partial charge on any atom is 0.262 e. The van der Waals surface area contributed by atoms with E-state index in [2.05, 4.69) is 72.2 Å². The van der Waals surface area contributed by atoms with Gasteiger partial charge in [0.2, 0.25) is 0 Å². The van der Waals surface area contributed by atoms with Crippen molar-refractivity contribution < 1.29 is 14.7 Å². The summed E-state index contributed by atoms with van der Waals surface area (Å²) in [6.07, 6.45) is 0.440. The SMILES string of the molecule is C/C(O)=C1\C(=O)[C@@H]2Cc3c(n(-c4ccc(-c5ccc(C)cc5)cc4)c4ccccc34)[C@@H](C)N2C1=O. The van der Waals surface area contributed by atoms with Crippen molar-refractivity contribution in [2.45, 2.75) is 39.3 Å². The zero-order chi connectivity index (χ0) is 24.4. The Kier molecular flexibility index (Phi) is 4.71. The van der Waals surface area contributed by atoms with Crippen LogP contribution in [-0.2, 0) is 16.0 Å². The van der Waals surface area contributed by atoms with Crippen LogP contribution in [0.3, 0.4) is 0 Å². The number of para-hydroxylation sites is 1. The number of ketones is 1. The molecular formula is C30H26N2O3. The van der Waals surface area contributed by atoms with Gasteiger partial charge in [-0.05, 0) is 55.7 Å². The van der Waals surface area contributed by atoms with Crippen molar-refractivity contribution in [2.24, 2.45) is 0 Å². The van der Waals surface area contributed by atoms with Gasteiger partial charge in [0.1, 0.15) is 17.4 Å². The van der Waals surface area contributed by atoms with E-state index in [-0.39, 0.29) is 29.1 Å². The second kappa shape index (κ2) is 7.70. The number of hydrogen-bond acceptors (Lipinski definition) is 3. The maximum atomic E-state index is 13.2. The molecule has 0 radical (unpaired) electrons. The van der Waals surface area contributed by atoms with Crippen LogP contribution >= 0.6 is 0 Å². The molecule has 2 aliphatic rings. The number of hydrogen-bond donors (Lipinski definition) is 1. The summed E-state index contributed by atoms with van der Waals surface area (Å²) < 4.78 is 2.22. The van der Waals surface area contributed by atoms with Crippen LogP contribution in [0.15, 0.2) is 84.1 Å². The lowest BCUT2D eigenvalue weighted by Gasteiger charge is -2.35. The number of fused-ring (bicyclic) bond motifs is 4.